The summed E-state index contributed by atoms with van der Waals surface area (Å²) in [5.74, 6) is 0.242. The Morgan fingerprint density at radius 3 is 2.59 bits per heavy atom. The molecule has 2 N–H and O–H groups in total. The highest BCUT2D eigenvalue weighted by Crippen LogP contribution is 2.39. The molecule has 2 aliphatic heterocycles. The molecular weight excluding hydrogens is 522 g/mol. The predicted octanol–water partition coefficient (Wildman–Crippen LogP) is 3.09. The average Bonchev–Trinajstić information content (AvgIpc) is 3.55. The lowest BCUT2D eigenvalue weighted by Crippen LogP contribution is -2.51. The maximum absolute atomic E-state index is 13.6. The molecule has 0 bridgehead atoms. The molecule has 1 saturated carbocycles. The molecule has 1 aliphatic carbocycles. The highest BCUT2D eigenvalue weighted by Gasteiger charge is 2.39. The molecule has 2 amide bonds. The first-order valence-corrected chi connectivity index (χ1v) is 14.7. The van der Waals surface area contributed by atoms with E-state index < -0.39 is 5.60 Å². The third kappa shape index (κ3) is 5.90. The number of aliphatic hydroxyl groups is 1. The summed E-state index contributed by atoms with van der Waals surface area (Å²) in [5.41, 5.74) is 0.256. The van der Waals surface area contributed by atoms with Gasteiger partial charge in [-0.05, 0) is 55.7 Å². The SMILES string of the molecule is O=C(Nc1ccc2ncn(CC3(O)CCN(C(=O)[C@H]4CCCC[C@@H]4c4ccccc4)CC3)c(=O)c2n1)C1CCOC1. The minimum absolute atomic E-state index is 0.0355. The van der Waals surface area contributed by atoms with Crippen LogP contribution in [0.3, 0.4) is 0 Å². The standard InChI is InChI=1S/C31H37N5O5/c37-28(22-12-17-41-18-22)34-26-11-10-25-27(33-26)30(39)36(20-32-25)19-31(40)13-15-35(16-14-31)29(38)24-9-5-4-8-23(24)21-6-2-1-3-7-21/h1-3,6-7,10-11,20,22-24,40H,4-5,8-9,12-19H2,(H,33,34,37)/t22?,23-,24+/m1/s1. The summed E-state index contributed by atoms with van der Waals surface area (Å²) < 4.78 is 6.67. The Labute approximate surface area is 238 Å². The first-order chi connectivity index (χ1) is 19.9. The van der Waals surface area contributed by atoms with E-state index in [1.54, 1.807) is 12.1 Å². The smallest absolute Gasteiger partial charge is 0.280 e. The van der Waals surface area contributed by atoms with E-state index >= 15 is 0 Å². The Balaban J connectivity index is 1.12. The number of hydrogen-bond donors (Lipinski definition) is 2. The molecule has 0 spiro atoms. The van der Waals surface area contributed by atoms with Crippen LogP contribution in [-0.4, -0.2) is 68.3 Å². The molecule has 216 valence electrons. The largest absolute Gasteiger partial charge is 0.388 e. The van der Waals surface area contributed by atoms with Gasteiger partial charge in [0.05, 0.1) is 36.5 Å². The molecule has 3 aliphatic rings. The number of carbonyl (C=O) groups excluding carboxylic acids is 2. The first kappa shape index (κ1) is 27.5. The van der Waals surface area contributed by atoms with Crippen LogP contribution in [-0.2, 0) is 20.9 Å². The predicted molar refractivity (Wildman–Crippen MR) is 153 cm³/mol. The second kappa shape index (κ2) is 11.7. The van der Waals surface area contributed by atoms with E-state index in [4.69, 9.17) is 4.74 Å². The summed E-state index contributed by atoms with van der Waals surface area (Å²) in [6.07, 6.45) is 6.94. The summed E-state index contributed by atoms with van der Waals surface area (Å²) >= 11 is 0. The van der Waals surface area contributed by atoms with E-state index in [1.165, 1.54) is 16.5 Å². The number of ether oxygens (including phenoxy) is 1. The second-order valence-corrected chi connectivity index (χ2v) is 11.7. The van der Waals surface area contributed by atoms with Gasteiger partial charge in [0, 0.05) is 25.6 Å². The Hall–Kier alpha value is -3.63. The maximum Gasteiger partial charge on any atom is 0.280 e. The van der Waals surface area contributed by atoms with Crippen molar-refractivity contribution in [2.45, 2.75) is 63.0 Å². The number of nitrogens with one attached hydrogen (secondary N) is 1. The van der Waals surface area contributed by atoms with Crippen LogP contribution >= 0.6 is 0 Å². The van der Waals surface area contributed by atoms with Crippen molar-refractivity contribution in [3.63, 3.8) is 0 Å². The number of likely N-dealkylation sites (tertiary alicyclic amines) is 1. The van der Waals surface area contributed by atoms with Gasteiger partial charge in [0.15, 0.2) is 5.52 Å². The number of fused-ring (bicyclic) bond motifs is 1. The lowest BCUT2D eigenvalue weighted by Gasteiger charge is -2.41. The van der Waals surface area contributed by atoms with Gasteiger partial charge in [0.25, 0.3) is 5.56 Å². The molecule has 3 aromatic rings. The van der Waals surface area contributed by atoms with Crippen LogP contribution in [0.1, 0.15) is 56.4 Å². The lowest BCUT2D eigenvalue weighted by atomic mass is 9.74. The van der Waals surface area contributed by atoms with Gasteiger partial charge in [0.1, 0.15) is 5.82 Å². The van der Waals surface area contributed by atoms with Gasteiger partial charge < -0.3 is 20.1 Å². The highest BCUT2D eigenvalue weighted by molar-refractivity contribution is 5.92. The molecule has 41 heavy (non-hydrogen) atoms. The Morgan fingerprint density at radius 2 is 1.83 bits per heavy atom. The fourth-order valence-corrected chi connectivity index (χ4v) is 6.56. The molecule has 6 rings (SSSR count). The van der Waals surface area contributed by atoms with Gasteiger partial charge in [-0.3, -0.25) is 19.0 Å². The van der Waals surface area contributed by atoms with Crippen molar-refractivity contribution in [2.75, 3.05) is 31.6 Å². The Morgan fingerprint density at radius 1 is 1.05 bits per heavy atom. The van der Waals surface area contributed by atoms with Gasteiger partial charge in [-0.2, -0.15) is 0 Å². The van der Waals surface area contributed by atoms with Crippen molar-refractivity contribution in [1.29, 1.82) is 0 Å². The van der Waals surface area contributed by atoms with Crippen molar-refractivity contribution in [1.82, 2.24) is 19.4 Å². The van der Waals surface area contributed by atoms with Gasteiger partial charge in [-0.25, -0.2) is 9.97 Å². The molecule has 10 nitrogen and oxygen atoms in total. The number of pyridine rings is 1. The van der Waals surface area contributed by atoms with Crippen LogP contribution in [0, 0.1) is 11.8 Å². The van der Waals surface area contributed by atoms with Gasteiger partial charge in [-0.1, -0.05) is 43.2 Å². The third-order valence-electron chi connectivity index (χ3n) is 9.01. The number of anilines is 1. The van der Waals surface area contributed by atoms with Crippen molar-refractivity contribution in [3.8, 4) is 0 Å². The number of benzene rings is 1. The van der Waals surface area contributed by atoms with Crippen molar-refractivity contribution in [3.05, 3.63) is 64.7 Å². The van der Waals surface area contributed by atoms with Crippen molar-refractivity contribution in [2.24, 2.45) is 11.8 Å². The minimum Gasteiger partial charge on any atom is -0.388 e. The van der Waals surface area contributed by atoms with E-state index in [0.29, 0.717) is 51.1 Å². The van der Waals surface area contributed by atoms with Crippen LogP contribution in [0.4, 0.5) is 5.82 Å². The van der Waals surface area contributed by atoms with Crippen LogP contribution in [0.5, 0.6) is 0 Å². The summed E-state index contributed by atoms with van der Waals surface area (Å²) in [6, 6.07) is 13.6. The number of nitrogens with zero attached hydrogens (tertiary/aromatic N) is 4. The number of piperidine rings is 1. The number of hydrogen-bond acceptors (Lipinski definition) is 7. The molecular formula is C31H37N5O5. The van der Waals surface area contributed by atoms with Gasteiger partial charge in [0.2, 0.25) is 11.8 Å². The van der Waals surface area contributed by atoms with Crippen molar-refractivity contribution >= 4 is 28.7 Å². The number of aromatic nitrogens is 3. The molecule has 4 heterocycles. The quantitative estimate of drug-likeness (QED) is 0.475. The molecule has 2 saturated heterocycles. The summed E-state index contributed by atoms with van der Waals surface area (Å²) in [7, 11) is 0. The topological polar surface area (TPSA) is 127 Å². The number of amides is 2. The summed E-state index contributed by atoms with van der Waals surface area (Å²) in [5, 5.41) is 14.2. The van der Waals surface area contributed by atoms with E-state index in [1.807, 2.05) is 23.1 Å². The average molecular weight is 560 g/mol. The highest BCUT2D eigenvalue weighted by atomic mass is 16.5. The van der Waals surface area contributed by atoms with Crippen molar-refractivity contribution < 1.29 is 19.4 Å². The zero-order chi connectivity index (χ0) is 28.4. The fraction of sp³-hybridized carbons (Fsp3) is 0.516. The van der Waals surface area contributed by atoms with E-state index in [-0.39, 0.29) is 53.0 Å². The normalized spacial score (nSPS) is 24.3. The monoisotopic (exact) mass is 559 g/mol. The molecule has 10 heteroatoms. The molecule has 1 unspecified atom stereocenters. The molecule has 1 aromatic carbocycles. The third-order valence-corrected chi connectivity index (χ3v) is 9.01. The maximum atomic E-state index is 13.6. The molecule has 3 atom stereocenters. The van der Waals surface area contributed by atoms with E-state index in [0.717, 1.165) is 25.7 Å². The number of rotatable bonds is 6. The molecule has 0 radical (unpaired) electrons. The van der Waals surface area contributed by atoms with E-state index in [2.05, 4.69) is 27.4 Å². The van der Waals surface area contributed by atoms with E-state index in [9.17, 15) is 19.5 Å². The number of carbonyl (C=O) groups is 2. The Kier molecular flexibility index (Phi) is 7.86. The fourth-order valence-electron chi connectivity index (χ4n) is 6.56. The summed E-state index contributed by atoms with van der Waals surface area (Å²) in [4.78, 5) is 50.1. The Bertz CT molecular complexity index is 1460. The first-order valence-electron chi connectivity index (χ1n) is 14.7. The lowest BCUT2D eigenvalue weighted by molar-refractivity contribution is -0.142. The van der Waals surface area contributed by atoms with Crippen LogP contribution in [0.2, 0.25) is 0 Å². The molecule has 2 aromatic heterocycles. The second-order valence-electron chi connectivity index (χ2n) is 11.7. The van der Waals surface area contributed by atoms with Gasteiger partial charge >= 0.3 is 0 Å². The zero-order valence-electron chi connectivity index (χ0n) is 23.2. The molecule has 3 fully saturated rings. The van der Waals surface area contributed by atoms with Crippen LogP contribution < -0.4 is 10.9 Å². The van der Waals surface area contributed by atoms with Gasteiger partial charge in [-0.15, -0.1) is 0 Å². The summed E-state index contributed by atoms with van der Waals surface area (Å²) in [6.45, 7) is 1.89. The zero-order valence-corrected chi connectivity index (χ0v) is 23.2. The van der Waals surface area contributed by atoms with Crippen LogP contribution in [0.15, 0.2) is 53.6 Å². The van der Waals surface area contributed by atoms with Crippen LogP contribution in [0.25, 0.3) is 11.0 Å². The minimum atomic E-state index is -1.14.